The molecule has 0 radical (unpaired) electrons. The van der Waals surface area contributed by atoms with Gasteiger partial charge in [-0.25, -0.2) is 12.7 Å². The standard InChI is InChI=1S/C18H28N4O3S2/c1-4-22(27(3,24)25)11-7-10-20-18(19-2)21-13-15(23)17-12-14-8-5-6-9-16(14)26-17/h5-6,8-9,12,15,23H,4,7,10-11,13H2,1-3H3,(H2,19,20,21). The minimum atomic E-state index is -3.16. The second kappa shape index (κ2) is 10.0. The number of nitrogens with zero attached hydrogens (tertiary/aromatic N) is 2. The largest absolute Gasteiger partial charge is 0.386 e. The Balaban J connectivity index is 1.78. The van der Waals surface area contributed by atoms with Crippen molar-refractivity contribution in [2.24, 2.45) is 4.99 Å². The van der Waals surface area contributed by atoms with Crippen LogP contribution in [0.1, 0.15) is 24.3 Å². The van der Waals surface area contributed by atoms with Crippen LogP contribution in [0.15, 0.2) is 35.3 Å². The molecular formula is C18H28N4O3S2. The van der Waals surface area contributed by atoms with E-state index in [4.69, 9.17) is 0 Å². The van der Waals surface area contributed by atoms with Gasteiger partial charge in [-0.1, -0.05) is 25.1 Å². The third-order valence-corrected chi connectivity index (χ3v) is 6.75. The Morgan fingerprint density at radius 2 is 2.07 bits per heavy atom. The predicted molar refractivity (Wildman–Crippen MR) is 113 cm³/mol. The number of aliphatic imine (C=N–C) groups is 1. The number of aliphatic hydroxyl groups excluding tert-OH is 1. The number of fused-ring (bicyclic) bond motifs is 1. The molecule has 150 valence electrons. The summed E-state index contributed by atoms with van der Waals surface area (Å²) < 4.78 is 25.7. The van der Waals surface area contributed by atoms with Crippen molar-refractivity contribution < 1.29 is 13.5 Å². The van der Waals surface area contributed by atoms with Crippen LogP contribution in [0, 0.1) is 0 Å². The first-order valence-electron chi connectivity index (χ1n) is 8.91. The van der Waals surface area contributed by atoms with Crippen LogP contribution >= 0.6 is 11.3 Å². The van der Waals surface area contributed by atoms with E-state index in [1.54, 1.807) is 18.4 Å². The molecule has 1 aromatic carbocycles. The van der Waals surface area contributed by atoms with Crippen LogP contribution in [-0.4, -0.2) is 63.3 Å². The lowest BCUT2D eigenvalue weighted by Gasteiger charge is -2.18. The average Bonchev–Trinajstić information content (AvgIpc) is 3.07. The first-order valence-corrected chi connectivity index (χ1v) is 11.6. The fourth-order valence-corrected chi connectivity index (χ4v) is 4.68. The number of nitrogens with one attached hydrogen (secondary N) is 2. The summed E-state index contributed by atoms with van der Waals surface area (Å²) in [6.45, 7) is 3.68. The van der Waals surface area contributed by atoms with E-state index >= 15 is 0 Å². The number of thiophene rings is 1. The number of hydrogen-bond acceptors (Lipinski definition) is 5. The first kappa shape index (κ1) is 21.6. The molecule has 0 aliphatic rings. The van der Waals surface area contributed by atoms with Crippen molar-refractivity contribution in [2.45, 2.75) is 19.4 Å². The predicted octanol–water partition coefficient (Wildman–Crippen LogP) is 1.77. The van der Waals surface area contributed by atoms with E-state index in [9.17, 15) is 13.5 Å². The number of guanidine groups is 1. The molecule has 1 aromatic heterocycles. The maximum atomic E-state index is 11.6. The smallest absolute Gasteiger partial charge is 0.211 e. The fraction of sp³-hybridized carbons (Fsp3) is 0.500. The van der Waals surface area contributed by atoms with Crippen LogP contribution in [-0.2, 0) is 10.0 Å². The van der Waals surface area contributed by atoms with Gasteiger partial charge in [-0.2, -0.15) is 0 Å². The minimum absolute atomic E-state index is 0.344. The van der Waals surface area contributed by atoms with E-state index in [0.29, 0.717) is 38.6 Å². The summed E-state index contributed by atoms with van der Waals surface area (Å²) in [7, 11) is -1.49. The second-order valence-electron chi connectivity index (χ2n) is 6.19. The Morgan fingerprint density at radius 3 is 2.70 bits per heavy atom. The molecule has 1 atom stereocenters. The van der Waals surface area contributed by atoms with E-state index in [0.717, 1.165) is 15.0 Å². The van der Waals surface area contributed by atoms with Crippen LogP contribution in [0.3, 0.4) is 0 Å². The van der Waals surface area contributed by atoms with Gasteiger partial charge in [0.15, 0.2) is 5.96 Å². The molecule has 0 fully saturated rings. The molecule has 1 unspecified atom stereocenters. The normalized spacial score (nSPS) is 13.9. The van der Waals surface area contributed by atoms with Gasteiger partial charge in [-0.3, -0.25) is 4.99 Å². The molecule has 9 heteroatoms. The van der Waals surface area contributed by atoms with Gasteiger partial charge in [0.1, 0.15) is 6.10 Å². The maximum absolute atomic E-state index is 11.6. The van der Waals surface area contributed by atoms with Crippen molar-refractivity contribution in [3.63, 3.8) is 0 Å². The van der Waals surface area contributed by atoms with Crippen LogP contribution in [0.4, 0.5) is 0 Å². The molecule has 0 amide bonds. The van der Waals surface area contributed by atoms with E-state index in [2.05, 4.69) is 15.6 Å². The van der Waals surface area contributed by atoms with Gasteiger partial charge in [-0.15, -0.1) is 11.3 Å². The number of sulfonamides is 1. The highest BCUT2D eigenvalue weighted by Crippen LogP contribution is 2.29. The third kappa shape index (κ3) is 6.46. The van der Waals surface area contributed by atoms with Crippen LogP contribution in [0.2, 0.25) is 0 Å². The first-order chi connectivity index (χ1) is 12.8. The van der Waals surface area contributed by atoms with Crippen molar-refractivity contribution in [2.75, 3.05) is 39.5 Å². The van der Waals surface area contributed by atoms with Gasteiger partial charge >= 0.3 is 0 Å². The molecule has 7 nitrogen and oxygen atoms in total. The summed E-state index contributed by atoms with van der Waals surface area (Å²) >= 11 is 1.58. The van der Waals surface area contributed by atoms with Crippen LogP contribution in [0.5, 0.6) is 0 Å². The van der Waals surface area contributed by atoms with Crippen molar-refractivity contribution in [1.82, 2.24) is 14.9 Å². The molecule has 0 aliphatic carbocycles. The number of benzene rings is 1. The zero-order chi connectivity index (χ0) is 19.9. The lowest BCUT2D eigenvalue weighted by molar-refractivity contribution is 0.184. The lowest BCUT2D eigenvalue weighted by Crippen LogP contribution is -2.40. The van der Waals surface area contributed by atoms with E-state index < -0.39 is 16.1 Å². The minimum Gasteiger partial charge on any atom is -0.386 e. The van der Waals surface area contributed by atoms with Crippen molar-refractivity contribution in [1.29, 1.82) is 0 Å². The Hall–Kier alpha value is -1.68. The van der Waals surface area contributed by atoms with Gasteiger partial charge < -0.3 is 15.7 Å². The Kier molecular flexibility index (Phi) is 8.03. The lowest BCUT2D eigenvalue weighted by atomic mass is 10.2. The molecule has 0 spiro atoms. The maximum Gasteiger partial charge on any atom is 0.211 e. The number of hydrogen-bond donors (Lipinski definition) is 3. The molecule has 0 saturated carbocycles. The summed E-state index contributed by atoms with van der Waals surface area (Å²) in [6, 6.07) is 10.1. The topological polar surface area (TPSA) is 94.0 Å². The zero-order valence-corrected chi connectivity index (χ0v) is 17.6. The summed E-state index contributed by atoms with van der Waals surface area (Å²) in [5.41, 5.74) is 0. The highest BCUT2D eigenvalue weighted by molar-refractivity contribution is 7.88. The highest BCUT2D eigenvalue weighted by Gasteiger charge is 2.14. The van der Waals surface area contributed by atoms with E-state index in [1.165, 1.54) is 10.6 Å². The molecule has 2 rings (SSSR count). The highest BCUT2D eigenvalue weighted by atomic mass is 32.2. The summed E-state index contributed by atoms with van der Waals surface area (Å²) in [5, 5.41) is 17.8. The second-order valence-corrected chi connectivity index (χ2v) is 9.29. The summed E-state index contributed by atoms with van der Waals surface area (Å²) in [5.74, 6) is 0.581. The van der Waals surface area contributed by atoms with E-state index in [1.807, 2.05) is 37.3 Å². The number of aliphatic hydroxyl groups is 1. The van der Waals surface area contributed by atoms with Crippen LogP contribution in [0.25, 0.3) is 10.1 Å². The molecule has 0 saturated heterocycles. The van der Waals surface area contributed by atoms with Crippen molar-refractivity contribution in [3.05, 3.63) is 35.2 Å². The molecule has 0 bridgehead atoms. The number of rotatable bonds is 9. The van der Waals surface area contributed by atoms with Gasteiger partial charge in [0, 0.05) is 42.8 Å². The van der Waals surface area contributed by atoms with E-state index in [-0.39, 0.29) is 0 Å². The zero-order valence-electron chi connectivity index (χ0n) is 16.0. The molecule has 0 aliphatic heterocycles. The monoisotopic (exact) mass is 412 g/mol. The molecule has 27 heavy (non-hydrogen) atoms. The van der Waals surface area contributed by atoms with Crippen molar-refractivity contribution in [3.8, 4) is 0 Å². The SMILES string of the molecule is CCN(CCCNC(=NC)NCC(O)c1cc2ccccc2s1)S(C)(=O)=O. The van der Waals surface area contributed by atoms with Crippen LogP contribution < -0.4 is 10.6 Å². The average molecular weight is 413 g/mol. The quantitative estimate of drug-likeness (QED) is 0.332. The summed E-state index contributed by atoms with van der Waals surface area (Å²) in [4.78, 5) is 5.05. The third-order valence-electron chi connectivity index (χ3n) is 4.16. The molecule has 3 N–H and O–H groups in total. The summed E-state index contributed by atoms with van der Waals surface area (Å²) in [6.07, 6.45) is 1.27. The molecular weight excluding hydrogens is 384 g/mol. The van der Waals surface area contributed by atoms with Gasteiger partial charge in [0.05, 0.1) is 6.26 Å². The van der Waals surface area contributed by atoms with Gasteiger partial charge in [-0.05, 0) is 23.9 Å². The van der Waals surface area contributed by atoms with Gasteiger partial charge in [0.25, 0.3) is 0 Å². The molecule has 1 heterocycles. The Bertz CT molecular complexity index is 831. The Labute approximate surface area is 165 Å². The Morgan fingerprint density at radius 1 is 1.33 bits per heavy atom. The molecule has 2 aromatic rings. The van der Waals surface area contributed by atoms with Crippen molar-refractivity contribution >= 4 is 37.4 Å². The fourth-order valence-electron chi connectivity index (χ4n) is 2.70. The van der Waals surface area contributed by atoms with Gasteiger partial charge in [0.2, 0.25) is 10.0 Å².